The Morgan fingerprint density at radius 3 is 2.96 bits per heavy atom. The van der Waals surface area contributed by atoms with Gasteiger partial charge in [-0.05, 0) is 38.0 Å². The topological polar surface area (TPSA) is 80.4 Å². The lowest BCUT2D eigenvalue weighted by Gasteiger charge is -2.31. The summed E-state index contributed by atoms with van der Waals surface area (Å²) < 4.78 is 7.11. The van der Waals surface area contributed by atoms with Crippen molar-refractivity contribution in [1.29, 1.82) is 0 Å². The number of likely N-dealkylation sites (tertiary alicyclic amines) is 1. The Hall–Kier alpha value is -3.09. The number of nitrogens with zero attached hydrogens (tertiary/aromatic N) is 3. The van der Waals surface area contributed by atoms with Crippen molar-refractivity contribution in [2.45, 2.75) is 26.3 Å². The third-order valence-corrected chi connectivity index (χ3v) is 5.33. The average Bonchev–Trinajstić information content (AvgIpc) is 3.36. The maximum absolute atomic E-state index is 12.6. The van der Waals surface area contributed by atoms with E-state index >= 15 is 0 Å². The molecule has 1 fully saturated rings. The van der Waals surface area contributed by atoms with Gasteiger partial charge in [-0.2, -0.15) is 0 Å². The second-order valence-electron chi connectivity index (χ2n) is 7.19. The third kappa shape index (κ3) is 3.65. The Labute approximate surface area is 163 Å². The van der Waals surface area contributed by atoms with Crippen LogP contribution in [0.25, 0.3) is 11.0 Å². The normalized spacial score (nSPS) is 17.0. The van der Waals surface area contributed by atoms with Gasteiger partial charge < -0.3 is 19.2 Å². The van der Waals surface area contributed by atoms with Crippen LogP contribution < -0.4 is 5.32 Å². The number of benzene rings is 1. The lowest BCUT2D eigenvalue weighted by Crippen LogP contribution is -2.45. The first-order valence-electron chi connectivity index (χ1n) is 9.64. The van der Waals surface area contributed by atoms with Crippen LogP contribution in [-0.2, 0) is 11.3 Å². The summed E-state index contributed by atoms with van der Waals surface area (Å²) in [4.78, 5) is 31.4. The van der Waals surface area contributed by atoms with Crippen LogP contribution >= 0.6 is 0 Å². The van der Waals surface area contributed by atoms with Crippen LogP contribution in [0, 0.1) is 12.8 Å². The first kappa shape index (κ1) is 18.3. The van der Waals surface area contributed by atoms with Gasteiger partial charge >= 0.3 is 0 Å². The second-order valence-corrected chi connectivity index (χ2v) is 7.19. The van der Waals surface area contributed by atoms with Crippen molar-refractivity contribution in [2.75, 3.05) is 19.6 Å². The van der Waals surface area contributed by atoms with E-state index in [1.54, 1.807) is 11.0 Å². The smallest absolute Gasteiger partial charge is 0.257 e. The molecule has 0 spiro atoms. The van der Waals surface area contributed by atoms with E-state index in [2.05, 4.69) is 14.9 Å². The summed E-state index contributed by atoms with van der Waals surface area (Å²) in [7, 11) is 0. The van der Waals surface area contributed by atoms with Crippen molar-refractivity contribution in [2.24, 2.45) is 5.92 Å². The molecule has 1 aliphatic rings. The first-order valence-corrected chi connectivity index (χ1v) is 9.64. The maximum Gasteiger partial charge on any atom is 0.257 e. The van der Waals surface area contributed by atoms with Gasteiger partial charge in [-0.15, -0.1) is 0 Å². The minimum atomic E-state index is -0.176. The number of rotatable bonds is 5. The number of carbonyl (C=O) groups excluding carboxylic acids is 2. The molecule has 1 atom stereocenters. The van der Waals surface area contributed by atoms with E-state index < -0.39 is 0 Å². The molecule has 1 aliphatic heterocycles. The summed E-state index contributed by atoms with van der Waals surface area (Å²) in [6, 6.07) is 9.65. The molecule has 7 nitrogen and oxygen atoms in total. The predicted molar refractivity (Wildman–Crippen MR) is 105 cm³/mol. The van der Waals surface area contributed by atoms with Gasteiger partial charge in [0.15, 0.2) is 0 Å². The maximum atomic E-state index is 12.6. The van der Waals surface area contributed by atoms with Crippen LogP contribution in [0.1, 0.15) is 29.0 Å². The van der Waals surface area contributed by atoms with Crippen molar-refractivity contribution < 1.29 is 14.0 Å². The third-order valence-electron chi connectivity index (χ3n) is 5.33. The Morgan fingerprint density at radius 2 is 2.14 bits per heavy atom. The Bertz CT molecular complexity index is 977. The quantitative estimate of drug-likeness (QED) is 0.738. The van der Waals surface area contributed by atoms with Crippen molar-refractivity contribution in [3.8, 4) is 0 Å². The Kier molecular flexibility index (Phi) is 5.14. The van der Waals surface area contributed by atoms with Gasteiger partial charge in [0.25, 0.3) is 5.91 Å². The van der Waals surface area contributed by atoms with E-state index in [4.69, 9.17) is 4.42 Å². The molecule has 2 amide bonds. The van der Waals surface area contributed by atoms with Gasteiger partial charge in [0.05, 0.1) is 28.8 Å². The number of aromatic nitrogens is 2. The minimum Gasteiger partial charge on any atom is -0.472 e. The number of furan rings is 1. The van der Waals surface area contributed by atoms with E-state index in [1.165, 1.54) is 12.5 Å². The highest BCUT2D eigenvalue weighted by atomic mass is 16.3. The molecular weight excluding hydrogens is 356 g/mol. The van der Waals surface area contributed by atoms with Crippen LogP contribution in [0.2, 0.25) is 0 Å². The summed E-state index contributed by atoms with van der Waals surface area (Å²) >= 11 is 0. The Balaban J connectivity index is 1.33. The molecule has 0 bridgehead atoms. The van der Waals surface area contributed by atoms with Gasteiger partial charge in [0, 0.05) is 26.2 Å². The summed E-state index contributed by atoms with van der Waals surface area (Å²) in [5, 5.41) is 3.03. The van der Waals surface area contributed by atoms with Gasteiger partial charge in [0.2, 0.25) is 5.91 Å². The number of amides is 2. The number of para-hydroxylation sites is 2. The van der Waals surface area contributed by atoms with Gasteiger partial charge in [0.1, 0.15) is 12.1 Å². The van der Waals surface area contributed by atoms with E-state index in [1.807, 2.05) is 31.2 Å². The number of carbonyl (C=O) groups is 2. The van der Waals surface area contributed by atoms with Gasteiger partial charge in [-0.25, -0.2) is 4.98 Å². The zero-order valence-electron chi connectivity index (χ0n) is 15.9. The van der Waals surface area contributed by atoms with Crippen LogP contribution in [0.15, 0.2) is 47.3 Å². The number of hydrogen-bond donors (Lipinski definition) is 1. The molecule has 1 aromatic carbocycles. The number of aryl methyl sites for hydroxylation is 1. The fourth-order valence-corrected chi connectivity index (χ4v) is 3.86. The number of imidazole rings is 1. The van der Waals surface area contributed by atoms with Crippen molar-refractivity contribution in [3.05, 3.63) is 54.2 Å². The molecule has 2 aromatic heterocycles. The summed E-state index contributed by atoms with van der Waals surface area (Å²) in [6.45, 7) is 4.30. The van der Waals surface area contributed by atoms with Crippen LogP contribution in [0.4, 0.5) is 0 Å². The molecule has 0 aliphatic carbocycles. The Morgan fingerprint density at radius 1 is 1.29 bits per heavy atom. The number of nitrogens with one attached hydrogen (secondary N) is 1. The monoisotopic (exact) mass is 380 g/mol. The van der Waals surface area contributed by atoms with Gasteiger partial charge in [-0.3, -0.25) is 9.59 Å². The van der Waals surface area contributed by atoms with Crippen LogP contribution in [0.5, 0.6) is 0 Å². The molecule has 0 unspecified atom stereocenters. The van der Waals surface area contributed by atoms with Crippen LogP contribution in [-0.4, -0.2) is 45.9 Å². The molecule has 7 heteroatoms. The van der Waals surface area contributed by atoms with Crippen molar-refractivity contribution in [3.63, 3.8) is 0 Å². The molecular formula is C21H24N4O3. The van der Waals surface area contributed by atoms with Crippen LogP contribution in [0.3, 0.4) is 0 Å². The fraction of sp³-hybridized carbons (Fsp3) is 0.381. The lowest BCUT2D eigenvalue weighted by molar-refractivity contribution is -0.126. The van der Waals surface area contributed by atoms with E-state index in [0.29, 0.717) is 31.7 Å². The zero-order chi connectivity index (χ0) is 19.5. The fourth-order valence-electron chi connectivity index (χ4n) is 3.86. The average molecular weight is 380 g/mol. The number of hydrogen-bond acceptors (Lipinski definition) is 4. The minimum absolute atomic E-state index is 0.00627. The number of fused-ring (bicyclic) bond motifs is 1. The summed E-state index contributed by atoms with van der Waals surface area (Å²) in [5.41, 5.74) is 2.57. The predicted octanol–water partition coefficient (Wildman–Crippen LogP) is 2.61. The van der Waals surface area contributed by atoms with Crippen molar-refractivity contribution in [1.82, 2.24) is 19.8 Å². The SMILES string of the molecule is Cc1nc2ccccc2n1CCNC(=O)[C@@H]1CCCN(C(=O)c2ccoc2)C1. The van der Waals surface area contributed by atoms with E-state index in [9.17, 15) is 9.59 Å². The lowest BCUT2D eigenvalue weighted by atomic mass is 9.96. The first-order chi connectivity index (χ1) is 13.6. The largest absolute Gasteiger partial charge is 0.472 e. The molecule has 0 radical (unpaired) electrons. The van der Waals surface area contributed by atoms with Gasteiger partial charge in [-0.1, -0.05) is 12.1 Å². The highest BCUT2D eigenvalue weighted by Crippen LogP contribution is 2.19. The molecule has 0 saturated carbocycles. The molecule has 3 heterocycles. The molecule has 146 valence electrons. The molecule has 4 rings (SSSR count). The standard InChI is InChI=1S/C21H24N4O3/c1-15-23-18-6-2-3-7-19(18)25(15)11-9-22-20(26)16-5-4-10-24(13-16)21(27)17-8-12-28-14-17/h2-3,6-8,12,14,16H,4-5,9-11,13H2,1H3,(H,22,26)/t16-/m1/s1. The zero-order valence-corrected chi connectivity index (χ0v) is 15.9. The molecule has 3 aromatic rings. The van der Waals surface area contributed by atoms with Crippen molar-refractivity contribution >= 4 is 22.8 Å². The molecule has 1 N–H and O–H groups in total. The molecule has 1 saturated heterocycles. The number of piperidine rings is 1. The van der Waals surface area contributed by atoms with E-state index in [0.717, 1.165) is 29.7 Å². The highest BCUT2D eigenvalue weighted by molar-refractivity contribution is 5.94. The molecule has 28 heavy (non-hydrogen) atoms. The summed E-state index contributed by atoms with van der Waals surface area (Å²) in [5.74, 6) is 0.689. The highest BCUT2D eigenvalue weighted by Gasteiger charge is 2.29. The van der Waals surface area contributed by atoms with E-state index in [-0.39, 0.29) is 17.7 Å². The summed E-state index contributed by atoms with van der Waals surface area (Å²) in [6.07, 6.45) is 4.56. The second kappa shape index (κ2) is 7.88.